The minimum atomic E-state index is -0.522. The Balaban J connectivity index is 1.95. The molecule has 5 nitrogen and oxygen atoms in total. The minimum Gasteiger partial charge on any atom is -0.461 e. The summed E-state index contributed by atoms with van der Waals surface area (Å²) in [5.41, 5.74) is 6.69. The molecule has 1 aliphatic rings. The van der Waals surface area contributed by atoms with Gasteiger partial charge in [-0.1, -0.05) is 5.16 Å². The number of aryl methyl sites for hydroxylation is 1. The van der Waals surface area contributed by atoms with E-state index >= 15 is 0 Å². The normalized spacial score (nSPS) is 19.2. The van der Waals surface area contributed by atoms with Gasteiger partial charge in [0.1, 0.15) is 0 Å². The Morgan fingerprint density at radius 3 is 2.82 bits per heavy atom. The summed E-state index contributed by atoms with van der Waals surface area (Å²) in [6, 6.07) is 1.87. The summed E-state index contributed by atoms with van der Waals surface area (Å²) >= 11 is 0. The van der Waals surface area contributed by atoms with Gasteiger partial charge in [-0.3, -0.25) is 0 Å². The van der Waals surface area contributed by atoms with Crippen LogP contribution in [0.4, 0.5) is 0 Å². The van der Waals surface area contributed by atoms with Crippen molar-refractivity contribution in [1.82, 2.24) is 10.1 Å². The molecule has 90 valence electrons. The lowest BCUT2D eigenvalue weighted by Gasteiger charge is -2.18. The zero-order valence-corrected chi connectivity index (χ0v) is 9.93. The maximum atomic E-state index is 6.22. The number of hydrogen-bond donors (Lipinski definition) is 1. The van der Waals surface area contributed by atoms with E-state index in [4.69, 9.17) is 14.7 Å². The summed E-state index contributed by atoms with van der Waals surface area (Å²) in [7, 11) is 0. The third-order valence-electron chi connectivity index (χ3n) is 3.38. The van der Waals surface area contributed by atoms with E-state index in [0.717, 1.165) is 18.4 Å². The van der Waals surface area contributed by atoms with E-state index in [0.29, 0.717) is 23.4 Å². The fourth-order valence-electron chi connectivity index (χ4n) is 1.99. The maximum Gasteiger partial charge on any atom is 0.247 e. The Labute approximate surface area is 99.0 Å². The second kappa shape index (κ2) is 3.43. The third-order valence-corrected chi connectivity index (χ3v) is 3.38. The van der Waals surface area contributed by atoms with Crippen LogP contribution in [0.25, 0.3) is 11.6 Å². The molecule has 2 heterocycles. The Morgan fingerprint density at radius 1 is 1.47 bits per heavy atom. The molecule has 1 unspecified atom stereocenters. The predicted octanol–water partition coefficient (Wildman–Crippen LogP) is 2.22. The van der Waals surface area contributed by atoms with Crippen LogP contribution in [-0.2, 0) is 5.54 Å². The van der Waals surface area contributed by atoms with Crippen LogP contribution in [0.3, 0.4) is 0 Å². The Kier molecular flexibility index (Phi) is 2.13. The van der Waals surface area contributed by atoms with Crippen LogP contribution in [-0.4, -0.2) is 10.1 Å². The quantitative estimate of drug-likeness (QED) is 0.879. The Bertz CT molecular complexity index is 537. The highest BCUT2D eigenvalue weighted by Gasteiger charge is 2.44. The third kappa shape index (κ3) is 1.67. The first-order chi connectivity index (χ1) is 8.09. The van der Waals surface area contributed by atoms with Gasteiger partial charge in [0, 0.05) is 0 Å². The molecule has 0 aromatic carbocycles. The summed E-state index contributed by atoms with van der Waals surface area (Å²) in [5, 5.41) is 3.94. The molecular formula is C12H15N3O2. The maximum absolute atomic E-state index is 6.22. The van der Waals surface area contributed by atoms with Crippen molar-refractivity contribution in [2.75, 3.05) is 0 Å². The van der Waals surface area contributed by atoms with Gasteiger partial charge in [0.2, 0.25) is 11.7 Å². The van der Waals surface area contributed by atoms with Gasteiger partial charge in [0.25, 0.3) is 0 Å². The summed E-state index contributed by atoms with van der Waals surface area (Å²) in [4.78, 5) is 4.35. The van der Waals surface area contributed by atoms with Crippen LogP contribution in [0.15, 0.2) is 21.3 Å². The molecule has 5 heteroatoms. The average Bonchev–Trinajstić information content (AvgIpc) is 2.89. The SMILES string of the molecule is Cc1ccoc1-c1noc(C(C)(N)C2CC2)n1. The number of furan rings is 1. The first-order valence-corrected chi connectivity index (χ1v) is 5.76. The molecule has 2 N–H and O–H groups in total. The van der Waals surface area contributed by atoms with Gasteiger partial charge in [-0.2, -0.15) is 4.98 Å². The smallest absolute Gasteiger partial charge is 0.247 e. The van der Waals surface area contributed by atoms with Crippen molar-refractivity contribution >= 4 is 0 Å². The fourth-order valence-corrected chi connectivity index (χ4v) is 1.99. The number of hydrogen-bond acceptors (Lipinski definition) is 5. The number of aromatic nitrogens is 2. The number of nitrogens with two attached hydrogens (primary N) is 1. The first-order valence-electron chi connectivity index (χ1n) is 5.76. The Hall–Kier alpha value is -1.62. The van der Waals surface area contributed by atoms with Gasteiger partial charge in [-0.25, -0.2) is 0 Å². The lowest BCUT2D eigenvalue weighted by Crippen LogP contribution is -2.35. The molecule has 0 radical (unpaired) electrons. The van der Waals surface area contributed by atoms with Gasteiger partial charge < -0.3 is 14.7 Å². The summed E-state index contributed by atoms with van der Waals surface area (Å²) < 4.78 is 10.6. The van der Waals surface area contributed by atoms with Gasteiger partial charge in [0.15, 0.2) is 5.76 Å². The van der Waals surface area contributed by atoms with Gasteiger partial charge in [-0.15, -0.1) is 0 Å². The van der Waals surface area contributed by atoms with E-state index < -0.39 is 5.54 Å². The number of rotatable bonds is 3. The lowest BCUT2D eigenvalue weighted by molar-refractivity contribution is 0.273. The summed E-state index contributed by atoms with van der Waals surface area (Å²) in [6.07, 6.45) is 3.87. The molecule has 3 rings (SSSR count). The highest BCUT2D eigenvalue weighted by Crippen LogP contribution is 2.43. The van der Waals surface area contributed by atoms with Crippen molar-refractivity contribution in [3.05, 3.63) is 23.8 Å². The van der Waals surface area contributed by atoms with E-state index in [2.05, 4.69) is 10.1 Å². The molecule has 2 aromatic rings. The van der Waals surface area contributed by atoms with Crippen molar-refractivity contribution in [2.24, 2.45) is 11.7 Å². The molecule has 0 spiro atoms. The average molecular weight is 233 g/mol. The molecule has 2 aromatic heterocycles. The van der Waals surface area contributed by atoms with Crippen molar-refractivity contribution in [1.29, 1.82) is 0 Å². The van der Waals surface area contributed by atoms with Gasteiger partial charge in [0.05, 0.1) is 11.8 Å². The molecule has 17 heavy (non-hydrogen) atoms. The minimum absolute atomic E-state index is 0.452. The largest absolute Gasteiger partial charge is 0.461 e. The molecule has 1 aliphatic carbocycles. The Morgan fingerprint density at radius 2 is 2.24 bits per heavy atom. The van der Waals surface area contributed by atoms with Crippen molar-refractivity contribution in [3.8, 4) is 11.6 Å². The van der Waals surface area contributed by atoms with E-state index in [1.54, 1.807) is 6.26 Å². The second-order valence-electron chi connectivity index (χ2n) is 4.91. The second-order valence-corrected chi connectivity index (χ2v) is 4.91. The highest BCUT2D eigenvalue weighted by molar-refractivity contribution is 5.51. The van der Waals surface area contributed by atoms with Crippen LogP contribution in [0.2, 0.25) is 0 Å². The number of nitrogens with zero attached hydrogens (tertiary/aromatic N) is 2. The molecule has 1 saturated carbocycles. The summed E-state index contributed by atoms with van der Waals surface area (Å²) in [6.45, 7) is 3.88. The lowest BCUT2D eigenvalue weighted by atomic mass is 9.97. The molecular weight excluding hydrogens is 218 g/mol. The van der Waals surface area contributed by atoms with E-state index in [9.17, 15) is 0 Å². The van der Waals surface area contributed by atoms with Crippen LogP contribution < -0.4 is 5.73 Å². The zero-order chi connectivity index (χ0) is 12.0. The topological polar surface area (TPSA) is 78.1 Å². The highest BCUT2D eigenvalue weighted by atomic mass is 16.5. The molecule has 0 aliphatic heterocycles. The zero-order valence-electron chi connectivity index (χ0n) is 9.93. The first kappa shape index (κ1) is 10.5. The fraction of sp³-hybridized carbons (Fsp3) is 0.500. The van der Waals surface area contributed by atoms with Gasteiger partial charge >= 0.3 is 0 Å². The van der Waals surface area contributed by atoms with E-state index in [1.165, 1.54) is 0 Å². The van der Waals surface area contributed by atoms with Gasteiger partial charge in [-0.05, 0) is 44.2 Å². The summed E-state index contributed by atoms with van der Waals surface area (Å²) in [5.74, 6) is 2.06. The molecule has 1 fully saturated rings. The molecule has 1 atom stereocenters. The van der Waals surface area contributed by atoms with Crippen LogP contribution in [0.5, 0.6) is 0 Å². The van der Waals surface area contributed by atoms with E-state index in [-0.39, 0.29) is 0 Å². The molecule has 0 bridgehead atoms. The standard InChI is InChI=1S/C12H15N3O2/c1-7-5-6-16-9(7)10-14-11(17-15-10)12(2,13)8-3-4-8/h5-6,8H,3-4,13H2,1-2H3. The van der Waals surface area contributed by atoms with E-state index in [1.807, 2.05) is 19.9 Å². The predicted molar refractivity (Wildman–Crippen MR) is 61.0 cm³/mol. The van der Waals surface area contributed by atoms with Crippen molar-refractivity contribution < 1.29 is 8.94 Å². The molecule has 0 amide bonds. The monoisotopic (exact) mass is 233 g/mol. The van der Waals surface area contributed by atoms with Crippen LogP contribution in [0.1, 0.15) is 31.2 Å². The van der Waals surface area contributed by atoms with Crippen molar-refractivity contribution in [2.45, 2.75) is 32.2 Å². The molecule has 0 saturated heterocycles. The van der Waals surface area contributed by atoms with Crippen LogP contribution in [0, 0.1) is 12.8 Å². The van der Waals surface area contributed by atoms with Crippen LogP contribution >= 0.6 is 0 Å². The van der Waals surface area contributed by atoms with Crippen molar-refractivity contribution in [3.63, 3.8) is 0 Å².